The Kier molecular flexibility index (Phi) is 4.72. The third-order valence-corrected chi connectivity index (χ3v) is 4.90. The van der Waals surface area contributed by atoms with Crippen LogP contribution in [0.1, 0.15) is 5.56 Å². The van der Waals surface area contributed by atoms with E-state index in [9.17, 15) is 30.8 Å². The molecule has 0 fully saturated rings. The van der Waals surface area contributed by atoms with Gasteiger partial charge < -0.3 is 0 Å². The molecule has 3 rings (SSSR count). The Morgan fingerprint density at radius 3 is 2.41 bits per heavy atom. The molecule has 0 atom stereocenters. The van der Waals surface area contributed by atoms with Crippen molar-refractivity contribution in [1.29, 1.82) is 0 Å². The molecule has 3 aromatic rings. The summed E-state index contributed by atoms with van der Waals surface area (Å²) in [5, 5.41) is 2.44. The zero-order valence-corrected chi connectivity index (χ0v) is 14.4. The van der Waals surface area contributed by atoms with E-state index in [0.29, 0.717) is 0 Å². The van der Waals surface area contributed by atoms with Gasteiger partial charge in [0.15, 0.2) is 5.75 Å². The van der Waals surface area contributed by atoms with Crippen LogP contribution in [0.4, 0.5) is 23.2 Å². The SMILES string of the molecule is O=c1[nH]n(Cc2ccccc2)c2cc(F)c(NS(=O)(=O)CC(F)(F)F)cc12. The number of fused-ring (bicyclic) bond motifs is 1. The molecular formula is C16H13F4N3O3S. The van der Waals surface area contributed by atoms with Crippen LogP contribution in [0.15, 0.2) is 47.3 Å². The van der Waals surface area contributed by atoms with Crippen molar-refractivity contribution in [2.24, 2.45) is 0 Å². The molecule has 1 aromatic heterocycles. The fourth-order valence-electron chi connectivity index (χ4n) is 2.60. The summed E-state index contributed by atoms with van der Waals surface area (Å²) in [4.78, 5) is 12.1. The number of nitrogens with one attached hydrogen (secondary N) is 2. The second-order valence-electron chi connectivity index (χ2n) is 5.84. The van der Waals surface area contributed by atoms with Crippen molar-refractivity contribution in [2.45, 2.75) is 12.7 Å². The molecule has 6 nitrogen and oxygen atoms in total. The van der Waals surface area contributed by atoms with Crippen molar-refractivity contribution in [2.75, 3.05) is 10.5 Å². The average Bonchev–Trinajstić information content (AvgIpc) is 2.81. The predicted molar refractivity (Wildman–Crippen MR) is 91.5 cm³/mol. The second kappa shape index (κ2) is 6.72. The van der Waals surface area contributed by atoms with Gasteiger partial charge in [0.2, 0.25) is 10.0 Å². The van der Waals surface area contributed by atoms with Crippen molar-refractivity contribution >= 4 is 26.6 Å². The van der Waals surface area contributed by atoms with Gasteiger partial charge in [0.05, 0.1) is 23.1 Å². The minimum atomic E-state index is -4.98. The molecule has 2 N–H and O–H groups in total. The van der Waals surface area contributed by atoms with Crippen LogP contribution in [0.25, 0.3) is 10.9 Å². The van der Waals surface area contributed by atoms with Gasteiger partial charge in [-0.1, -0.05) is 30.3 Å². The fourth-order valence-corrected chi connectivity index (χ4v) is 3.59. The van der Waals surface area contributed by atoms with Gasteiger partial charge in [-0.15, -0.1) is 0 Å². The Bertz CT molecular complexity index is 1140. The number of aromatic amines is 1. The first-order valence-electron chi connectivity index (χ1n) is 7.57. The Morgan fingerprint density at radius 2 is 1.78 bits per heavy atom. The van der Waals surface area contributed by atoms with Gasteiger partial charge in [0.25, 0.3) is 5.56 Å². The van der Waals surface area contributed by atoms with Gasteiger partial charge >= 0.3 is 6.18 Å². The molecule has 0 amide bonds. The van der Waals surface area contributed by atoms with E-state index in [4.69, 9.17) is 0 Å². The highest BCUT2D eigenvalue weighted by molar-refractivity contribution is 7.92. The standard InChI is InChI=1S/C16H13F4N3O3S/c17-12-7-14-11(6-13(12)22-27(25,26)9-16(18,19)20)15(24)21-23(14)8-10-4-2-1-3-5-10/h1-7,22H,8-9H2,(H,21,24). The molecule has 11 heteroatoms. The van der Waals surface area contributed by atoms with Crippen LogP contribution in [-0.4, -0.2) is 30.1 Å². The minimum Gasteiger partial charge on any atom is -0.280 e. The summed E-state index contributed by atoms with van der Waals surface area (Å²) in [6.07, 6.45) is -4.98. The summed E-state index contributed by atoms with van der Waals surface area (Å²) in [7, 11) is -4.87. The molecule has 0 saturated heterocycles. The number of halogens is 4. The van der Waals surface area contributed by atoms with Gasteiger partial charge in [-0.05, 0) is 11.6 Å². The number of rotatable bonds is 5. The Balaban J connectivity index is 1.98. The van der Waals surface area contributed by atoms with Crippen molar-refractivity contribution in [3.63, 3.8) is 0 Å². The molecule has 0 radical (unpaired) electrons. The number of anilines is 1. The zero-order valence-electron chi connectivity index (χ0n) is 13.5. The lowest BCUT2D eigenvalue weighted by Crippen LogP contribution is -2.28. The average molecular weight is 403 g/mol. The zero-order chi connectivity index (χ0) is 19.8. The molecule has 144 valence electrons. The van der Waals surface area contributed by atoms with E-state index in [1.165, 1.54) is 9.40 Å². The van der Waals surface area contributed by atoms with E-state index in [2.05, 4.69) is 5.10 Å². The lowest BCUT2D eigenvalue weighted by atomic mass is 10.2. The van der Waals surface area contributed by atoms with E-state index in [0.717, 1.165) is 17.7 Å². The van der Waals surface area contributed by atoms with Gasteiger partial charge in [0.1, 0.15) is 5.82 Å². The Labute approximate surface area is 150 Å². The molecule has 0 unspecified atom stereocenters. The molecule has 0 aliphatic rings. The molecule has 27 heavy (non-hydrogen) atoms. The number of alkyl halides is 3. The number of sulfonamides is 1. The molecule has 0 bridgehead atoms. The van der Waals surface area contributed by atoms with Crippen LogP contribution in [-0.2, 0) is 16.6 Å². The van der Waals surface area contributed by atoms with Gasteiger partial charge in [0, 0.05) is 6.07 Å². The maximum atomic E-state index is 14.3. The first-order chi connectivity index (χ1) is 12.5. The van der Waals surface area contributed by atoms with Gasteiger partial charge in [-0.2, -0.15) is 13.2 Å². The predicted octanol–water partition coefficient (Wildman–Crippen LogP) is 2.82. The largest absolute Gasteiger partial charge is 0.404 e. The number of hydrogen-bond acceptors (Lipinski definition) is 3. The highest BCUT2D eigenvalue weighted by atomic mass is 32.2. The van der Waals surface area contributed by atoms with Crippen LogP contribution < -0.4 is 10.3 Å². The summed E-state index contributed by atoms with van der Waals surface area (Å²) in [5.74, 6) is -3.27. The highest BCUT2D eigenvalue weighted by Gasteiger charge is 2.35. The first kappa shape index (κ1) is 19.0. The molecule has 0 spiro atoms. The van der Waals surface area contributed by atoms with Crippen LogP contribution >= 0.6 is 0 Å². The van der Waals surface area contributed by atoms with Crippen molar-refractivity contribution in [1.82, 2.24) is 9.78 Å². The lowest BCUT2D eigenvalue weighted by molar-refractivity contribution is -0.106. The number of benzene rings is 2. The summed E-state index contributed by atoms with van der Waals surface area (Å²) in [6, 6.07) is 10.7. The van der Waals surface area contributed by atoms with E-state index >= 15 is 0 Å². The molecule has 1 heterocycles. The summed E-state index contributed by atoms with van der Waals surface area (Å²) >= 11 is 0. The van der Waals surface area contributed by atoms with Crippen molar-refractivity contribution in [3.05, 3.63) is 64.2 Å². The van der Waals surface area contributed by atoms with E-state index in [1.807, 2.05) is 0 Å². The summed E-state index contributed by atoms with van der Waals surface area (Å²) in [6.45, 7) is 0.220. The van der Waals surface area contributed by atoms with Crippen LogP contribution in [0.2, 0.25) is 0 Å². The quantitative estimate of drug-likeness (QED) is 0.643. The normalized spacial score (nSPS) is 12.4. The minimum absolute atomic E-state index is 0.0583. The Morgan fingerprint density at radius 1 is 1.11 bits per heavy atom. The third-order valence-electron chi connectivity index (χ3n) is 3.66. The number of H-pyrrole nitrogens is 1. The highest BCUT2D eigenvalue weighted by Crippen LogP contribution is 2.24. The maximum absolute atomic E-state index is 14.3. The van der Waals surface area contributed by atoms with Crippen molar-refractivity contribution < 1.29 is 26.0 Å². The van der Waals surface area contributed by atoms with Crippen LogP contribution in [0.3, 0.4) is 0 Å². The van der Waals surface area contributed by atoms with E-state index in [-0.39, 0.29) is 17.4 Å². The monoisotopic (exact) mass is 403 g/mol. The fraction of sp³-hybridized carbons (Fsp3) is 0.188. The number of aromatic nitrogens is 2. The number of hydrogen-bond donors (Lipinski definition) is 2. The third kappa shape index (κ3) is 4.48. The Hall–Kier alpha value is -2.82. The van der Waals surface area contributed by atoms with Gasteiger partial charge in [-0.25, -0.2) is 12.8 Å². The van der Waals surface area contributed by atoms with Crippen LogP contribution in [0, 0.1) is 5.82 Å². The first-order valence-corrected chi connectivity index (χ1v) is 9.22. The molecular weight excluding hydrogens is 390 g/mol. The van der Waals surface area contributed by atoms with Crippen LogP contribution in [0.5, 0.6) is 0 Å². The smallest absolute Gasteiger partial charge is 0.280 e. The molecule has 0 aliphatic heterocycles. The topological polar surface area (TPSA) is 84.0 Å². The number of nitrogens with zero attached hydrogens (tertiary/aromatic N) is 1. The summed E-state index contributed by atoms with van der Waals surface area (Å²) < 4.78 is 77.2. The van der Waals surface area contributed by atoms with Crippen molar-refractivity contribution in [3.8, 4) is 0 Å². The maximum Gasteiger partial charge on any atom is 0.404 e. The molecule has 2 aromatic carbocycles. The van der Waals surface area contributed by atoms with Gasteiger partial charge in [-0.3, -0.25) is 19.3 Å². The lowest BCUT2D eigenvalue weighted by Gasteiger charge is -2.11. The van der Waals surface area contributed by atoms with E-state index in [1.54, 1.807) is 30.3 Å². The molecule has 0 aliphatic carbocycles. The second-order valence-corrected chi connectivity index (χ2v) is 7.56. The summed E-state index contributed by atoms with van der Waals surface area (Å²) in [5.41, 5.74) is -0.381. The van der Waals surface area contributed by atoms with E-state index < -0.39 is 39.0 Å². The molecule has 0 saturated carbocycles.